The van der Waals surface area contributed by atoms with E-state index < -0.39 is 9.84 Å². The lowest BCUT2D eigenvalue weighted by Gasteiger charge is -2.27. The van der Waals surface area contributed by atoms with Crippen molar-refractivity contribution in [2.24, 2.45) is 5.92 Å². The van der Waals surface area contributed by atoms with Gasteiger partial charge in [0.25, 0.3) is 0 Å². The summed E-state index contributed by atoms with van der Waals surface area (Å²) in [7, 11) is -1.39. The van der Waals surface area contributed by atoms with Crippen LogP contribution in [0.5, 0.6) is 0 Å². The quantitative estimate of drug-likeness (QED) is 0.670. The van der Waals surface area contributed by atoms with Crippen LogP contribution in [0.1, 0.15) is 6.92 Å². The Kier molecular flexibility index (Phi) is 3.70. The number of methoxy groups -OCH3 is 1. The average Bonchev–Trinajstić information content (AvgIpc) is 1.96. The van der Waals surface area contributed by atoms with E-state index in [1.807, 2.05) is 0 Å². The Labute approximate surface area is 79.6 Å². The molecule has 13 heavy (non-hydrogen) atoms. The van der Waals surface area contributed by atoms with Crippen LogP contribution in [0.15, 0.2) is 0 Å². The highest BCUT2D eigenvalue weighted by molar-refractivity contribution is 7.91. The Morgan fingerprint density at radius 2 is 2.15 bits per heavy atom. The number of sulfone groups is 1. The van der Waals surface area contributed by atoms with Crippen molar-refractivity contribution in [2.75, 3.05) is 31.7 Å². The maximum atomic E-state index is 11.5. The Bertz CT molecular complexity index is 233. The topological polar surface area (TPSA) is 55.4 Å². The summed E-state index contributed by atoms with van der Waals surface area (Å²) in [4.78, 5) is 0. The van der Waals surface area contributed by atoms with Crippen LogP contribution < -0.4 is 5.32 Å². The van der Waals surface area contributed by atoms with Gasteiger partial charge in [-0.3, -0.25) is 0 Å². The van der Waals surface area contributed by atoms with Gasteiger partial charge in [-0.2, -0.15) is 0 Å². The molecule has 0 aromatic carbocycles. The molecule has 1 aliphatic heterocycles. The maximum absolute atomic E-state index is 11.5. The van der Waals surface area contributed by atoms with Gasteiger partial charge >= 0.3 is 0 Å². The molecule has 0 aromatic heterocycles. The van der Waals surface area contributed by atoms with Gasteiger partial charge in [-0.05, 0) is 12.8 Å². The van der Waals surface area contributed by atoms with Crippen molar-refractivity contribution in [3.63, 3.8) is 0 Å². The third kappa shape index (κ3) is 3.62. The predicted molar refractivity (Wildman–Crippen MR) is 51.5 cm³/mol. The molecule has 1 unspecified atom stereocenters. The summed E-state index contributed by atoms with van der Waals surface area (Å²) in [5, 5.41) is 3.06. The van der Waals surface area contributed by atoms with E-state index in [2.05, 4.69) is 5.32 Å². The third-order valence-electron chi connectivity index (χ3n) is 2.25. The van der Waals surface area contributed by atoms with E-state index in [0.29, 0.717) is 11.7 Å². The van der Waals surface area contributed by atoms with Crippen molar-refractivity contribution in [1.82, 2.24) is 5.32 Å². The van der Waals surface area contributed by atoms with Gasteiger partial charge in [-0.15, -0.1) is 0 Å². The molecule has 1 N–H and O–H groups in total. The highest BCUT2D eigenvalue weighted by Crippen LogP contribution is 2.09. The van der Waals surface area contributed by atoms with Crippen LogP contribution in [-0.2, 0) is 14.6 Å². The molecule has 1 saturated heterocycles. The number of ether oxygens (including phenoxy) is 1. The molecule has 0 spiro atoms. The average molecular weight is 207 g/mol. The number of rotatable bonds is 5. The largest absolute Gasteiger partial charge is 0.381 e. The smallest absolute Gasteiger partial charge is 0.153 e. The Morgan fingerprint density at radius 1 is 1.54 bits per heavy atom. The highest BCUT2D eigenvalue weighted by Gasteiger charge is 2.25. The van der Waals surface area contributed by atoms with Gasteiger partial charge in [0.2, 0.25) is 0 Å². The first-order valence-electron chi connectivity index (χ1n) is 4.47. The van der Waals surface area contributed by atoms with Gasteiger partial charge in [-0.1, -0.05) is 0 Å². The van der Waals surface area contributed by atoms with Gasteiger partial charge in [0.15, 0.2) is 9.84 Å². The van der Waals surface area contributed by atoms with E-state index in [1.165, 1.54) is 7.11 Å². The summed E-state index contributed by atoms with van der Waals surface area (Å²) >= 11 is 0. The lowest BCUT2D eigenvalue weighted by atomic mass is 10.1. The van der Waals surface area contributed by atoms with Crippen molar-refractivity contribution >= 4 is 9.84 Å². The minimum absolute atomic E-state index is 0.139. The molecule has 0 saturated carbocycles. The van der Waals surface area contributed by atoms with Crippen LogP contribution in [0.4, 0.5) is 0 Å². The number of hydrogen-bond acceptors (Lipinski definition) is 4. The molecule has 1 fully saturated rings. The first kappa shape index (κ1) is 10.9. The Hall–Kier alpha value is -0.130. The van der Waals surface area contributed by atoms with Gasteiger partial charge in [0.1, 0.15) is 0 Å². The monoisotopic (exact) mass is 207 g/mol. The molecule has 0 amide bonds. The zero-order valence-corrected chi connectivity index (χ0v) is 8.93. The van der Waals surface area contributed by atoms with Crippen molar-refractivity contribution in [2.45, 2.75) is 13.0 Å². The molecule has 0 aliphatic carbocycles. The molecular formula is C8H17NO3S. The SMILES string of the molecule is COC(C)CS(=O)(=O)CC1CNC1. The molecule has 1 aliphatic rings. The molecule has 0 bridgehead atoms. The van der Waals surface area contributed by atoms with Crippen LogP contribution in [0.2, 0.25) is 0 Å². The van der Waals surface area contributed by atoms with Crippen molar-refractivity contribution in [3.05, 3.63) is 0 Å². The van der Waals surface area contributed by atoms with Crippen LogP contribution in [-0.4, -0.2) is 46.2 Å². The molecule has 78 valence electrons. The summed E-state index contributed by atoms with van der Waals surface area (Å²) < 4.78 is 27.9. The van der Waals surface area contributed by atoms with E-state index in [4.69, 9.17) is 4.74 Å². The fraction of sp³-hybridized carbons (Fsp3) is 1.00. The second-order valence-electron chi connectivity index (χ2n) is 3.65. The molecule has 1 atom stereocenters. The molecular weight excluding hydrogens is 190 g/mol. The van der Waals surface area contributed by atoms with E-state index in [0.717, 1.165) is 13.1 Å². The number of nitrogens with one attached hydrogen (secondary N) is 1. The molecule has 4 nitrogen and oxygen atoms in total. The summed E-state index contributed by atoms with van der Waals surface area (Å²) in [6.07, 6.45) is -0.196. The summed E-state index contributed by atoms with van der Waals surface area (Å²) in [6.45, 7) is 3.44. The highest BCUT2D eigenvalue weighted by atomic mass is 32.2. The molecule has 1 rings (SSSR count). The fourth-order valence-corrected chi connectivity index (χ4v) is 3.26. The van der Waals surface area contributed by atoms with Crippen LogP contribution in [0.3, 0.4) is 0 Å². The summed E-state index contributed by atoms with van der Waals surface area (Å²) in [6, 6.07) is 0. The second kappa shape index (κ2) is 4.39. The Morgan fingerprint density at radius 3 is 2.54 bits per heavy atom. The first-order chi connectivity index (χ1) is 6.03. The van der Waals surface area contributed by atoms with Gasteiger partial charge in [-0.25, -0.2) is 8.42 Å². The maximum Gasteiger partial charge on any atom is 0.153 e. The lowest BCUT2D eigenvalue weighted by Crippen LogP contribution is -2.46. The fourth-order valence-electron chi connectivity index (χ4n) is 1.32. The van der Waals surface area contributed by atoms with Crippen LogP contribution in [0, 0.1) is 5.92 Å². The van der Waals surface area contributed by atoms with Crippen molar-refractivity contribution < 1.29 is 13.2 Å². The molecule has 0 radical (unpaired) electrons. The summed E-state index contributed by atoms with van der Waals surface area (Å²) in [5.74, 6) is 0.752. The van der Waals surface area contributed by atoms with Gasteiger partial charge < -0.3 is 10.1 Å². The second-order valence-corrected chi connectivity index (χ2v) is 5.80. The van der Waals surface area contributed by atoms with Gasteiger partial charge in [0.05, 0.1) is 17.6 Å². The molecule has 5 heteroatoms. The standard InChI is InChI=1S/C8H17NO3S/c1-7(12-2)5-13(10,11)6-8-3-9-4-8/h7-9H,3-6H2,1-2H3. The third-order valence-corrected chi connectivity index (χ3v) is 4.20. The minimum Gasteiger partial charge on any atom is -0.381 e. The predicted octanol–water partition coefficient (Wildman–Crippen LogP) is -0.344. The molecule has 1 heterocycles. The summed E-state index contributed by atoms with van der Waals surface area (Å²) in [5.41, 5.74) is 0. The Balaban J connectivity index is 2.36. The zero-order chi connectivity index (χ0) is 9.90. The van der Waals surface area contributed by atoms with Crippen molar-refractivity contribution in [1.29, 1.82) is 0 Å². The van der Waals surface area contributed by atoms with E-state index in [1.54, 1.807) is 6.92 Å². The molecule has 0 aromatic rings. The van der Waals surface area contributed by atoms with Crippen LogP contribution in [0.25, 0.3) is 0 Å². The van der Waals surface area contributed by atoms with E-state index in [9.17, 15) is 8.42 Å². The van der Waals surface area contributed by atoms with Crippen molar-refractivity contribution in [3.8, 4) is 0 Å². The zero-order valence-electron chi connectivity index (χ0n) is 8.12. The lowest BCUT2D eigenvalue weighted by molar-refractivity contribution is 0.136. The van der Waals surface area contributed by atoms with E-state index in [-0.39, 0.29) is 11.9 Å². The van der Waals surface area contributed by atoms with Gasteiger partial charge in [0, 0.05) is 20.2 Å². The first-order valence-corrected chi connectivity index (χ1v) is 6.29. The van der Waals surface area contributed by atoms with Crippen LogP contribution >= 0.6 is 0 Å². The van der Waals surface area contributed by atoms with E-state index >= 15 is 0 Å². The minimum atomic E-state index is -2.92. The number of hydrogen-bond donors (Lipinski definition) is 1. The normalized spacial score (nSPS) is 21.1.